The van der Waals surface area contributed by atoms with E-state index in [1.165, 1.54) is 0 Å². The highest BCUT2D eigenvalue weighted by atomic mass is 16.5. The summed E-state index contributed by atoms with van der Waals surface area (Å²) >= 11 is 0. The molecule has 1 aliphatic rings. The van der Waals surface area contributed by atoms with Gasteiger partial charge in [-0.2, -0.15) is 4.98 Å². The van der Waals surface area contributed by atoms with Gasteiger partial charge in [0.15, 0.2) is 5.82 Å². The first-order valence-corrected chi connectivity index (χ1v) is 6.39. The molecule has 17 heavy (non-hydrogen) atoms. The molecule has 0 atom stereocenters. The lowest BCUT2D eigenvalue weighted by atomic mass is 10.00. The Hall–Kier alpha value is -0.940. The van der Waals surface area contributed by atoms with Crippen molar-refractivity contribution < 1.29 is 9.26 Å². The van der Waals surface area contributed by atoms with Gasteiger partial charge in [0.2, 0.25) is 5.89 Å². The largest absolute Gasteiger partial charge is 0.381 e. The van der Waals surface area contributed by atoms with Crippen molar-refractivity contribution in [3.8, 4) is 0 Å². The summed E-state index contributed by atoms with van der Waals surface area (Å²) < 4.78 is 10.6. The van der Waals surface area contributed by atoms with E-state index in [1.807, 2.05) is 0 Å². The maximum Gasteiger partial charge on any atom is 0.227 e. The third-order valence-electron chi connectivity index (χ3n) is 2.96. The molecule has 1 fully saturated rings. The summed E-state index contributed by atoms with van der Waals surface area (Å²) in [5, 5.41) is 7.40. The second kappa shape index (κ2) is 6.12. The number of rotatable bonds is 5. The fourth-order valence-corrected chi connectivity index (χ4v) is 1.96. The van der Waals surface area contributed by atoms with Crippen molar-refractivity contribution in [2.24, 2.45) is 0 Å². The highest BCUT2D eigenvalue weighted by Gasteiger charge is 2.21. The number of hydrogen-bond acceptors (Lipinski definition) is 5. The number of hydrogen-bond donors (Lipinski definition) is 1. The molecule has 0 unspecified atom stereocenters. The first kappa shape index (κ1) is 12.5. The second-order valence-electron chi connectivity index (χ2n) is 4.79. The summed E-state index contributed by atoms with van der Waals surface area (Å²) in [7, 11) is 0. The first-order valence-electron chi connectivity index (χ1n) is 6.39. The quantitative estimate of drug-likeness (QED) is 0.844. The summed E-state index contributed by atoms with van der Waals surface area (Å²) in [4.78, 5) is 4.46. The maximum absolute atomic E-state index is 5.32. The number of ether oxygens (including phenoxy) is 1. The van der Waals surface area contributed by atoms with E-state index in [-0.39, 0.29) is 0 Å². The topological polar surface area (TPSA) is 60.2 Å². The van der Waals surface area contributed by atoms with Gasteiger partial charge in [0.25, 0.3) is 0 Å². The molecule has 1 aliphatic heterocycles. The van der Waals surface area contributed by atoms with Crippen LogP contribution >= 0.6 is 0 Å². The minimum Gasteiger partial charge on any atom is -0.381 e. The van der Waals surface area contributed by atoms with Crippen LogP contribution in [0.2, 0.25) is 0 Å². The summed E-state index contributed by atoms with van der Waals surface area (Å²) in [6.07, 6.45) is 2.81. The Balaban J connectivity index is 1.82. The second-order valence-corrected chi connectivity index (χ2v) is 4.79. The Morgan fingerprint density at radius 1 is 1.35 bits per heavy atom. The van der Waals surface area contributed by atoms with E-state index in [4.69, 9.17) is 9.26 Å². The van der Waals surface area contributed by atoms with E-state index < -0.39 is 0 Å². The lowest BCUT2D eigenvalue weighted by molar-refractivity contribution is 0.0830. The van der Waals surface area contributed by atoms with Crippen LogP contribution < -0.4 is 5.32 Å². The first-order chi connectivity index (χ1) is 8.25. The van der Waals surface area contributed by atoms with E-state index in [2.05, 4.69) is 29.3 Å². The average molecular weight is 239 g/mol. The molecule has 2 rings (SSSR count). The van der Waals surface area contributed by atoms with Crippen LogP contribution in [0.5, 0.6) is 0 Å². The molecular weight excluding hydrogens is 218 g/mol. The minimum absolute atomic E-state index is 0.416. The van der Waals surface area contributed by atoms with Gasteiger partial charge in [-0.25, -0.2) is 0 Å². The van der Waals surface area contributed by atoms with E-state index >= 15 is 0 Å². The summed E-state index contributed by atoms with van der Waals surface area (Å²) in [5.41, 5.74) is 0. The fraction of sp³-hybridized carbons (Fsp3) is 0.833. The maximum atomic E-state index is 5.32. The molecule has 0 spiro atoms. The molecule has 5 nitrogen and oxygen atoms in total. The van der Waals surface area contributed by atoms with Gasteiger partial charge < -0.3 is 14.6 Å². The standard InChI is InChI=1S/C12H21N3O2/c1-9(2)13-6-3-11-14-12(15-17-11)10-4-7-16-8-5-10/h9-10,13H,3-8H2,1-2H3. The number of aromatic nitrogens is 2. The van der Waals surface area contributed by atoms with Gasteiger partial charge >= 0.3 is 0 Å². The lowest BCUT2D eigenvalue weighted by Gasteiger charge is -2.18. The van der Waals surface area contributed by atoms with E-state index in [1.54, 1.807) is 0 Å². The van der Waals surface area contributed by atoms with Crippen LogP contribution in [0.15, 0.2) is 4.52 Å². The molecule has 0 bridgehead atoms. The van der Waals surface area contributed by atoms with Crippen LogP contribution in [-0.4, -0.2) is 35.9 Å². The molecule has 0 aromatic carbocycles. The Kier molecular flexibility index (Phi) is 4.50. The van der Waals surface area contributed by atoms with Crippen LogP contribution in [0.4, 0.5) is 0 Å². The van der Waals surface area contributed by atoms with Crippen molar-refractivity contribution in [1.29, 1.82) is 0 Å². The average Bonchev–Trinajstić information content (AvgIpc) is 2.78. The van der Waals surface area contributed by atoms with Gasteiger partial charge in [0.05, 0.1) is 0 Å². The van der Waals surface area contributed by atoms with Crippen molar-refractivity contribution >= 4 is 0 Å². The van der Waals surface area contributed by atoms with Crippen molar-refractivity contribution in [2.75, 3.05) is 19.8 Å². The summed E-state index contributed by atoms with van der Waals surface area (Å²) in [6.45, 7) is 6.75. The van der Waals surface area contributed by atoms with Crippen LogP contribution in [0, 0.1) is 0 Å². The molecular formula is C12H21N3O2. The van der Waals surface area contributed by atoms with Gasteiger partial charge in [-0.3, -0.25) is 0 Å². The Bertz CT molecular complexity index is 332. The molecule has 1 aromatic heterocycles. The van der Waals surface area contributed by atoms with Gasteiger partial charge in [-0.1, -0.05) is 19.0 Å². The molecule has 0 saturated carbocycles. The smallest absolute Gasteiger partial charge is 0.227 e. The van der Waals surface area contributed by atoms with Gasteiger partial charge in [-0.15, -0.1) is 0 Å². The third kappa shape index (κ3) is 3.78. The molecule has 0 radical (unpaired) electrons. The number of nitrogens with one attached hydrogen (secondary N) is 1. The van der Waals surface area contributed by atoms with E-state index in [0.29, 0.717) is 12.0 Å². The molecule has 5 heteroatoms. The van der Waals surface area contributed by atoms with Gasteiger partial charge in [0, 0.05) is 38.1 Å². The van der Waals surface area contributed by atoms with Crippen LogP contribution in [0.3, 0.4) is 0 Å². The van der Waals surface area contributed by atoms with E-state index in [0.717, 1.165) is 50.7 Å². The highest BCUT2D eigenvalue weighted by Crippen LogP contribution is 2.24. The van der Waals surface area contributed by atoms with Crippen molar-refractivity contribution in [2.45, 2.75) is 45.1 Å². The van der Waals surface area contributed by atoms with Gasteiger partial charge in [-0.05, 0) is 12.8 Å². The van der Waals surface area contributed by atoms with Crippen LogP contribution in [-0.2, 0) is 11.2 Å². The molecule has 1 saturated heterocycles. The monoisotopic (exact) mass is 239 g/mol. The molecule has 96 valence electrons. The summed E-state index contributed by atoms with van der Waals surface area (Å²) in [5.74, 6) is 2.01. The normalized spacial score (nSPS) is 17.8. The SMILES string of the molecule is CC(C)NCCc1nc(C2CCOCC2)no1. The van der Waals surface area contributed by atoms with Crippen molar-refractivity contribution in [1.82, 2.24) is 15.5 Å². The predicted molar refractivity (Wildman–Crippen MR) is 63.9 cm³/mol. The Morgan fingerprint density at radius 3 is 2.82 bits per heavy atom. The Morgan fingerprint density at radius 2 is 2.12 bits per heavy atom. The molecule has 1 N–H and O–H groups in total. The van der Waals surface area contributed by atoms with Crippen LogP contribution in [0.1, 0.15) is 44.3 Å². The zero-order chi connectivity index (χ0) is 12.1. The van der Waals surface area contributed by atoms with E-state index in [9.17, 15) is 0 Å². The Labute approximate surface area is 102 Å². The summed E-state index contributed by atoms with van der Waals surface area (Å²) in [6, 6.07) is 0.493. The molecule has 2 heterocycles. The zero-order valence-electron chi connectivity index (χ0n) is 10.6. The fourth-order valence-electron chi connectivity index (χ4n) is 1.96. The van der Waals surface area contributed by atoms with Crippen LogP contribution in [0.25, 0.3) is 0 Å². The predicted octanol–water partition coefficient (Wildman–Crippen LogP) is 1.50. The molecule has 0 amide bonds. The highest BCUT2D eigenvalue weighted by molar-refractivity contribution is 4.96. The zero-order valence-corrected chi connectivity index (χ0v) is 10.6. The minimum atomic E-state index is 0.416. The number of nitrogens with zero attached hydrogens (tertiary/aromatic N) is 2. The van der Waals surface area contributed by atoms with Gasteiger partial charge in [0.1, 0.15) is 0 Å². The van der Waals surface area contributed by atoms with Crippen molar-refractivity contribution in [3.05, 3.63) is 11.7 Å². The van der Waals surface area contributed by atoms with Crippen molar-refractivity contribution in [3.63, 3.8) is 0 Å². The molecule has 0 aliphatic carbocycles. The third-order valence-corrected chi connectivity index (χ3v) is 2.96. The lowest BCUT2D eigenvalue weighted by Crippen LogP contribution is -2.25. The molecule has 1 aromatic rings.